The SMILES string of the molecule is CSC1(CNc2nc(N)nc3sc(C)cc23)CCCC1. The summed E-state index contributed by atoms with van der Waals surface area (Å²) in [5, 5.41) is 4.62. The molecule has 0 saturated heterocycles. The minimum atomic E-state index is 0.353. The highest BCUT2D eigenvalue weighted by Gasteiger charge is 2.32. The number of aryl methyl sites for hydroxylation is 1. The first-order valence-corrected chi connectivity index (χ1v) is 8.99. The molecule has 0 bridgehead atoms. The standard InChI is InChI=1S/C14H20N4S2/c1-9-7-10-11(17-13(15)18-12(10)20-9)16-8-14(19-2)5-3-4-6-14/h7H,3-6,8H2,1-2H3,(H3,15,16,17,18). The zero-order chi connectivity index (χ0) is 14.2. The number of hydrogen-bond acceptors (Lipinski definition) is 6. The van der Waals surface area contributed by atoms with Crippen LogP contribution in [0, 0.1) is 6.92 Å². The molecular weight excluding hydrogens is 288 g/mol. The van der Waals surface area contributed by atoms with Crippen LogP contribution in [0.3, 0.4) is 0 Å². The Balaban J connectivity index is 1.86. The number of nitrogen functional groups attached to an aromatic ring is 1. The zero-order valence-electron chi connectivity index (χ0n) is 11.9. The van der Waals surface area contributed by atoms with Gasteiger partial charge in [0.15, 0.2) is 0 Å². The largest absolute Gasteiger partial charge is 0.368 e. The van der Waals surface area contributed by atoms with Gasteiger partial charge in [0.1, 0.15) is 10.6 Å². The second-order valence-corrected chi connectivity index (χ2v) is 7.96. The second-order valence-electron chi connectivity index (χ2n) is 5.45. The third-order valence-electron chi connectivity index (χ3n) is 4.06. The van der Waals surface area contributed by atoms with Crippen molar-refractivity contribution in [2.45, 2.75) is 37.4 Å². The second kappa shape index (κ2) is 5.41. The normalized spacial score (nSPS) is 17.7. The quantitative estimate of drug-likeness (QED) is 0.902. The third kappa shape index (κ3) is 2.59. The van der Waals surface area contributed by atoms with E-state index in [1.165, 1.54) is 30.6 Å². The minimum absolute atomic E-state index is 0.353. The summed E-state index contributed by atoms with van der Waals surface area (Å²) >= 11 is 3.65. The number of nitrogens with zero attached hydrogens (tertiary/aromatic N) is 2. The first kappa shape index (κ1) is 13.9. The molecule has 0 atom stereocenters. The molecule has 1 saturated carbocycles. The lowest BCUT2D eigenvalue weighted by Crippen LogP contribution is -2.30. The molecule has 1 aliphatic rings. The fraction of sp³-hybridized carbons (Fsp3) is 0.571. The van der Waals surface area contributed by atoms with Crippen molar-refractivity contribution in [3.05, 3.63) is 10.9 Å². The highest BCUT2D eigenvalue weighted by molar-refractivity contribution is 8.00. The van der Waals surface area contributed by atoms with Gasteiger partial charge >= 0.3 is 0 Å². The van der Waals surface area contributed by atoms with Crippen LogP contribution in [-0.2, 0) is 0 Å². The maximum absolute atomic E-state index is 5.82. The zero-order valence-corrected chi connectivity index (χ0v) is 13.5. The molecule has 108 valence electrons. The lowest BCUT2D eigenvalue weighted by atomic mass is 10.1. The molecule has 2 heterocycles. The van der Waals surface area contributed by atoms with E-state index in [4.69, 9.17) is 5.73 Å². The van der Waals surface area contributed by atoms with Crippen molar-refractivity contribution in [1.29, 1.82) is 0 Å². The average Bonchev–Trinajstić information content (AvgIpc) is 3.02. The summed E-state index contributed by atoms with van der Waals surface area (Å²) in [6, 6.07) is 2.14. The van der Waals surface area contributed by atoms with E-state index >= 15 is 0 Å². The lowest BCUT2D eigenvalue weighted by molar-refractivity contribution is 0.639. The predicted octanol–water partition coefficient (Wildman–Crippen LogP) is 3.67. The number of hydrogen-bond donors (Lipinski definition) is 2. The maximum Gasteiger partial charge on any atom is 0.223 e. The number of fused-ring (bicyclic) bond motifs is 1. The van der Waals surface area contributed by atoms with Crippen molar-refractivity contribution in [2.75, 3.05) is 23.9 Å². The van der Waals surface area contributed by atoms with Gasteiger partial charge in [-0.3, -0.25) is 0 Å². The molecule has 3 N–H and O–H groups in total. The molecule has 0 unspecified atom stereocenters. The lowest BCUT2D eigenvalue weighted by Gasteiger charge is -2.27. The average molecular weight is 308 g/mol. The Kier molecular flexibility index (Phi) is 3.77. The Morgan fingerprint density at radius 1 is 1.40 bits per heavy atom. The van der Waals surface area contributed by atoms with Crippen LogP contribution in [0.15, 0.2) is 6.07 Å². The molecule has 0 aliphatic heterocycles. The van der Waals surface area contributed by atoms with Gasteiger partial charge in [-0.25, -0.2) is 4.98 Å². The van der Waals surface area contributed by atoms with Crippen molar-refractivity contribution < 1.29 is 0 Å². The van der Waals surface area contributed by atoms with E-state index in [9.17, 15) is 0 Å². The summed E-state index contributed by atoms with van der Waals surface area (Å²) in [4.78, 5) is 10.9. The Morgan fingerprint density at radius 3 is 2.85 bits per heavy atom. The van der Waals surface area contributed by atoms with Gasteiger partial charge in [0.25, 0.3) is 0 Å². The molecule has 6 heteroatoms. The van der Waals surface area contributed by atoms with Crippen molar-refractivity contribution in [3.8, 4) is 0 Å². The Bertz CT molecular complexity index is 617. The van der Waals surface area contributed by atoms with Crippen LogP contribution in [-0.4, -0.2) is 27.5 Å². The molecule has 4 nitrogen and oxygen atoms in total. The van der Waals surface area contributed by atoms with Crippen molar-refractivity contribution in [2.24, 2.45) is 0 Å². The molecular formula is C14H20N4S2. The minimum Gasteiger partial charge on any atom is -0.368 e. The summed E-state index contributed by atoms with van der Waals surface area (Å²) in [5.74, 6) is 1.24. The van der Waals surface area contributed by atoms with Crippen LogP contribution >= 0.6 is 23.1 Å². The van der Waals surface area contributed by atoms with Crippen LogP contribution < -0.4 is 11.1 Å². The van der Waals surface area contributed by atoms with E-state index < -0.39 is 0 Å². The summed E-state index contributed by atoms with van der Waals surface area (Å²) in [6.07, 6.45) is 7.45. The topological polar surface area (TPSA) is 63.8 Å². The third-order valence-corrected chi connectivity index (χ3v) is 6.42. The smallest absolute Gasteiger partial charge is 0.223 e. The first-order chi connectivity index (χ1) is 9.62. The molecule has 0 radical (unpaired) electrons. The van der Waals surface area contributed by atoms with Crippen molar-refractivity contribution >= 4 is 45.1 Å². The molecule has 3 rings (SSSR count). The van der Waals surface area contributed by atoms with Gasteiger partial charge < -0.3 is 11.1 Å². The van der Waals surface area contributed by atoms with Crippen LogP contribution in [0.4, 0.5) is 11.8 Å². The number of rotatable bonds is 4. The summed E-state index contributed by atoms with van der Waals surface area (Å²) < 4.78 is 0.358. The number of aromatic nitrogens is 2. The summed E-state index contributed by atoms with van der Waals surface area (Å²) in [7, 11) is 0. The van der Waals surface area contributed by atoms with Crippen LogP contribution in [0.2, 0.25) is 0 Å². The monoisotopic (exact) mass is 308 g/mol. The van der Waals surface area contributed by atoms with Gasteiger partial charge in [0.05, 0.1) is 5.39 Å². The molecule has 0 aromatic carbocycles. The molecule has 1 fully saturated rings. The van der Waals surface area contributed by atoms with Gasteiger partial charge in [-0.05, 0) is 32.1 Å². The maximum atomic E-state index is 5.82. The number of thiophene rings is 1. The van der Waals surface area contributed by atoms with E-state index in [0.717, 1.165) is 22.6 Å². The van der Waals surface area contributed by atoms with Gasteiger partial charge in [-0.15, -0.1) is 11.3 Å². The summed E-state index contributed by atoms with van der Waals surface area (Å²) in [5.41, 5.74) is 5.82. The molecule has 2 aromatic heterocycles. The highest BCUT2D eigenvalue weighted by Crippen LogP contribution is 2.40. The molecule has 2 aromatic rings. The van der Waals surface area contributed by atoms with Crippen LogP contribution in [0.1, 0.15) is 30.6 Å². The van der Waals surface area contributed by atoms with Gasteiger partial charge in [0, 0.05) is 16.2 Å². The highest BCUT2D eigenvalue weighted by atomic mass is 32.2. The van der Waals surface area contributed by atoms with E-state index in [1.54, 1.807) is 11.3 Å². The van der Waals surface area contributed by atoms with E-state index in [0.29, 0.717) is 10.7 Å². The van der Waals surface area contributed by atoms with Gasteiger partial charge in [-0.2, -0.15) is 16.7 Å². The number of anilines is 2. The van der Waals surface area contributed by atoms with Crippen molar-refractivity contribution in [1.82, 2.24) is 9.97 Å². The van der Waals surface area contributed by atoms with Gasteiger partial charge in [0.2, 0.25) is 5.95 Å². The fourth-order valence-electron chi connectivity index (χ4n) is 2.91. The summed E-state index contributed by atoms with van der Waals surface area (Å²) in [6.45, 7) is 3.04. The number of nitrogens with two attached hydrogens (primary N) is 1. The molecule has 1 aliphatic carbocycles. The van der Waals surface area contributed by atoms with Crippen molar-refractivity contribution in [3.63, 3.8) is 0 Å². The van der Waals surface area contributed by atoms with Crippen LogP contribution in [0.25, 0.3) is 10.2 Å². The Morgan fingerprint density at radius 2 is 2.15 bits per heavy atom. The molecule has 20 heavy (non-hydrogen) atoms. The number of nitrogens with one attached hydrogen (secondary N) is 1. The predicted molar refractivity (Wildman–Crippen MR) is 89.8 cm³/mol. The van der Waals surface area contributed by atoms with E-state index in [2.05, 4.69) is 34.5 Å². The first-order valence-electron chi connectivity index (χ1n) is 6.95. The number of thioether (sulfide) groups is 1. The van der Waals surface area contributed by atoms with E-state index in [-0.39, 0.29) is 0 Å². The fourth-order valence-corrected chi connectivity index (χ4v) is 4.71. The molecule has 0 amide bonds. The Hall–Kier alpha value is -1.01. The van der Waals surface area contributed by atoms with E-state index in [1.807, 2.05) is 11.8 Å². The molecule has 0 spiro atoms. The van der Waals surface area contributed by atoms with Crippen LogP contribution in [0.5, 0.6) is 0 Å². The van der Waals surface area contributed by atoms with Gasteiger partial charge in [-0.1, -0.05) is 12.8 Å². The Labute approximate surface area is 127 Å².